The molecule has 6 heteroatoms. The van der Waals surface area contributed by atoms with E-state index in [4.69, 9.17) is 5.73 Å². The lowest BCUT2D eigenvalue weighted by Crippen LogP contribution is -2.13. The van der Waals surface area contributed by atoms with E-state index in [0.717, 1.165) is 5.69 Å². The van der Waals surface area contributed by atoms with Crippen LogP contribution < -0.4 is 11.1 Å². The van der Waals surface area contributed by atoms with E-state index in [-0.39, 0.29) is 5.92 Å². The number of rotatable bonds is 4. The molecule has 0 radical (unpaired) electrons. The summed E-state index contributed by atoms with van der Waals surface area (Å²) in [5, 5.41) is 6.75. The molecular formula is C9H16F2N4. The Morgan fingerprint density at radius 2 is 2.07 bits per heavy atom. The zero-order chi connectivity index (χ0) is 11.6. The Morgan fingerprint density at radius 3 is 2.47 bits per heavy atom. The molecule has 0 aromatic carbocycles. The Hall–Kier alpha value is -1.33. The molecule has 0 fully saturated rings. The average Bonchev–Trinajstić information content (AvgIpc) is 2.39. The number of nitrogen functional groups attached to an aromatic ring is 1. The van der Waals surface area contributed by atoms with Crippen LogP contribution in [-0.2, 0) is 7.05 Å². The lowest BCUT2D eigenvalue weighted by atomic mass is 10.1. The summed E-state index contributed by atoms with van der Waals surface area (Å²) in [7, 11) is 1.68. The summed E-state index contributed by atoms with van der Waals surface area (Å²) >= 11 is 0. The highest BCUT2D eigenvalue weighted by molar-refractivity contribution is 5.65. The molecule has 0 amide bonds. The Morgan fingerprint density at radius 1 is 1.47 bits per heavy atom. The SMILES string of the molecule is CC(C)c1nn(C)c(NCC(F)F)c1N. The van der Waals surface area contributed by atoms with Gasteiger partial charge in [0.1, 0.15) is 5.82 Å². The highest BCUT2D eigenvalue weighted by Crippen LogP contribution is 2.27. The van der Waals surface area contributed by atoms with Crippen LogP contribution in [0.4, 0.5) is 20.3 Å². The summed E-state index contributed by atoms with van der Waals surface area (Å²) in [6.45, 7) is 3.49. The second-order valence-corrected chi connectivity index (χ2v) is 3.70. The van der Waals surface area contributed by atoms with Crippen molar-refractivity contribution in [1.82, 2.24) is 9.78 Å². The number of aryl methyl sites for hydroxylation is 1. The molecule has 1 heterocycles. The number of nitrogens with one attached hydrogen (secondary N) is 1. The van der Waals surface area contributed by atoms with E-state index in [1.807, 2.05) is 13.8 Å². The Kier molecular flexibility index (Phi) is 3.49. The minimum absolute atomic E-state index is 0.179. The first-order valence-corrected chi connectivity index (χ1v) is 4.77. The molecule has 0 saturated carbocycles. The van der Waals surface area contributed by atoms with Crippen LogP contribution in [0, 0.1) is 0 Å². The van der Waals surface area contributed by atoms with Gasteiger partial charge >= 0.3 is 0 Å². The molecule has 0 aliphatic heterocycles. The van der Waals surface area contributed by atoms with Gasteiger partial charge in [0.25, 0.3) is 6.43 Å². The van der Waals surface area contributed by atoms with E-state index < -0.39 is 13.0 Å². The molecule has 0 aliphatic carbocycles. The summed E-state index contributed by atoms with van der Waals surface area (Å²) in [4.78, 5) is 0. The predicted molar refractivity (Wildman–Crippen MR) is 56.2 cm³/mol. The molecule has 3 N–H and O–H groups in total. The van der Waals surface area contributed by atoms with Crippen LogP contribution in [0.3, 0.4) is 0 Å². The molecule has 0 spiro atoms. The van der Waals surface area contributed by atoms with Crippen molar-refractivity contribution in [1.29, 1.82) is 0 Å². The zero-order valence-corrected chi connectivity index (χ0v) is 9.09. The van der Waals surface area contributed by atoms with Crippen LogP contribution in [-0.4, -0.2) is 22.8 Å². The smallest absolute Gasteiger partial charge is 0.255 e. The molecule has 0 saturated heterocycles. The summed E-state index contributed by atoms with van der Waals surface area (Å²) in [6, 6.07) is 0. The first-order chi connectivity index (χ1) is 6.93. The van der Waals surface area contributed by atoms with Gasteiger partial charge in [-0.1, -0.05) is 13.8 Å². The second kappa shape index (κ2) is 4.46. The van der Waals surface area contributed by atoms with Gasteiger partial charge in [0.2, 0.25) is 0 Å². The van der Waals surface area contributed by atoms with E-state index >= 15 is 0 Å². The molecule has 0 unspecified atom stereocenters. The lowest BCUT2D eigenvalue weighted by Gasteiger charge is -2.06. The van der Waals surface area contributed by atoms with Crippen molar-refractivity contribution in [2.45, 2.75) is 26.2 Å². The maximum Gasteiger partial charge on any atom is 0.255 e. The van der Waals surface area contributed by atoms with Crippen LogP contribution in [0.5, 0.6) is 0 Å². The van der Waals surface area contributed by atoms with Gasteiger partial charge in [-0.15, -0.1) is 0 Å². The summed E-state index contributed by atoms with van der Waals surface area (Å²) in [5.74, 6) is 0.636. The minimum Gasteiger partial charge on any atom is -0.394 e. The topological polar surface area (TPSA) is 55.9 Å². The monoisotopic (exact) mass is 218 g/mol. The highest BCUT2D eigenvalue weighted by atomic mass is 19.3. The van der Waals surface area contributed by atoms with Gasteiger partial charge in [-0.2, -0.15) is 5.10 Å². The van der Waals surface area contributed by atoms with Crippen LogP contribution in [0.2, 0.25) is 0 Å². The second-order valence-electron chi connectivity index (χ2n) is 3.70. The summed E-state index contributed by atoms with van der Waals surface area (Å²) in [6.07, 6.45) is -2.40. The van der Waals surface area contributed by atoms with Gasteiger partial charge in [0.05, 0.1) is 17.9 Å². The Balaban J connectivity index is 2.88. The number of anilines is 2. The molecule has 0 aliphatic rings. The van der Waals surface area contributed by atoms with Gasteiger partial charge in [-0.3, -0.25) is 4.68 Å². The molecule has 86 valence electrons. The van der Waals surface area contributed by atoms with E-state index in [1.54, 1.807) is 7.05 Å². The number of aromatic nitrogens is 2. The van der Waals surface area contributed by atoms with Crippen LogP contribution in [0.1, 0.15) is 25.5 Å². The predicted octanol–water partition coefficient (Wildman–Crippen LogP) is 1.80. The molecule has 0 atom stereocenters. The number of alkyl halides is 2. The Labute approximate surface area is 87.4 Å². The van der Waals surface area contributed by atoms with Crippen LogP contribution in [0.15, 0.2) is 0 Å². The minimum atomic E-state index is -2.40. The third kappa shape index (κ3) is 2.57. The third-order valence-electron chi connectivity index (χ3n) is 2.08. The zero-order valence-electron chi connectivity index (χ0n) is 9.09. The molecule has 0 bridgehead atoms. The van der Waals surface area contributed by atoms with Crippen molar-refractivity contribution in [3.63, 3.8) is 0 Å². The normalized spacial score (nSPS) is 11.4. The van der Waals surface area contributed by atoms with E-state index in [9.17, 15) is 8.78 Å². The highest BCUT2D eigenvalue weighted by Gasteiger charge is 2.16. The third-order valence-corrected chi connectivity index (χ3v) is 2.08. The standard InChI is InChI=1S/C9H16F2N4/c1-5(2)8-7(12)9(15(3)14-8)13-4-6(10)11/h5-6,13H,4,12H2,1-3H3. The quantitative estimate of drug-likeness (QED) is 0.810. The van der Waals surface area contributed by atoms with Crippen molar-refractivity contribution in [2.24, 2.45) is 7.05 Å². The number of hydrogen-bond acceptors (Lipinski definition) is 3. The Bertz CT molecular complexity index is 333. The van der Waals surface area contributed by atoms with Crippen molar-refractivity contribution in [2.75, 3.05) is 17.6 Å². The lowest BCUT2D eigenvalue weighted by molar-refractivity contribution is 0.163. The maximum absolute atomic E-state index is 12.0. The van der Waals surface area contributed by atoms with Gasteiger partial charge in [0, 0.05) is 7.05 Å². The number of hydrogen-bond donors (Lipinski definition) is 2. The van der Waals surface area contributed by atoms with Crippen molar-refractivity contribution >= 4 is 11.5 Å². The van der Waals surface area contributed by atoms with Gasteiger partial charge < -0.3 is 11.1 Å². The molecular weight excluding hydrogens is 202 g/mol. The number of halogens is 2. The maximum atomic E-state index is 12.0. The largest absolute Gasteiger partial charge is 0.394 e. The van der Waals surface area contributed by atoms with Gasteiger partial charge in [-0.25, -0.2) is 8.78 Å². The van der Waals surface area contributed by atoms with Gasteiger partial charge in [0.15, 0.2) is 0 Å². The first-order valence-electron chi connectivity index (χ1n) is 4.77. The van der Waals surface area contributed by atoms with Crippen LogP contribution >= 0.6 is 0 Å². The molecule has 1 aromatic heterocycles. The molecule has 4 nitrogen and oxygen atoms in total. The first kappa shape index (κ1) is 11.7. The average molecular weight is 218 g/mol. The fourth-order valence-corrected chi connectivity index (χ4v) is 1.37. The summed E-state index contributed by atoms with van der Waals surface area (Å²) < 4.78 is 25.5. The van der Waals surface area contributed by atoms with E-state index in [0.29, 0.717) is 11.5 Å². The summed E-state index contributed by atoms with van der Waals surface area (Å²) in [5.41, 5.74) is 6.98. The molecule has 1 aromatic rings. The van der Waals surface area contributed by atoms with Crippen molar-refractivity contribution < 1.29 is 8.78 Å². The molecule has 15 heavy (non-hydrogen) atoms. The van der Waals surface area contributed by atoms with E-state index in [1.165, 1.54) is 4.68 Å². The number of nitrogens with two attached hydrogens (primary N) is 1. The van der Waals surface area contributed by atoms with Crippen LogP contribution in [0.25, 0.3) is 0 Å². The van der Waals surface area contributed by atoms with Crippen molar-refractivity contribution in [3.8, 4) is 0 Å². The fraction of sp³-hybridized carbons (Fsp3) is 0.667. The number of nitrogens with zero attached hydrogens (tertiary/aromatic N) is 2. The van der Waals surface area contributed by atoms with Gasteiger partial charge in [-0.05, 0) is 5.92 Å². The van der Waals surface area contributed by atoms with E-state index in [2.05, 4.69) is 10.4 Å². The van der Waals surface area contributed by atoms with Crippen molar-refractivity contribution in [3.05, 3.63) is 5.69 Å². The molecule has 1 rings (SSSR count). The fourth-order valence-electron chi connectivity index (χ4n) is 1.37.